The first-order chi connectivity index (χ1) is 5.08. The fourth-order valence-corrected chi connectivity index (χ4v) is 0.0412. The van der Waals surface area contributed by atoms with Crippen molar-refractivity contribution in [1.82, 2.24) is 0 Å². The Kier molecular flexibility index (Phi) is 11.9. The Bertz CT molecular complexity index is 60.4. The molecule has 0 aromatic rings. The Morgan fingerprint density at radius 2 is 1.09 bits per heavy atom. The SMILES string of the molecule is CC(C)CF.CC(CF)CF. The van der Waals surface area contributed by atoms with Crippen LogP contribution in [0.5, 0.6) is 0 Å². The maximum atomic E-state index is 11.1. The first kappa shape index (κ1) is 13.4. The van der Waals surface area contributed by atoms with Crippen molar-refractivity contribution in [3.8, 4) is 0 Å². The van der Waals surface area contributed by atoms with Gasteiger partial charge in [-0.1, -0.05) is 20.8 Å². The van der Waals surface area contributed by atoms with E-state index in [2.05, 4.69) is 0 Å². The largest absolute Gasteiger partial charge is 0.251 e. The van der Waals surface area contributed by atoms with Gasteiger partial charge >= 0.3 is 0 Å². The highest BCUT2D eigenvalue weighted by Crippen LogP contribution is 1.93. The van der Waals surface area contributed by atoms with Crippen LogP contribution >= 0.6 is 0 Å². The highest BCUT2D eigenvalue weighted by Gasteiger charge is 1.95. The molecule has 3 heteroatoms. The Balaban J connectivity index is 0. The van der Waals surface area contributed by atoms with Gasteiger partial charge in [-0.3, -0.25) is 13.2 Å². The van der Waals surface area contributed by atoms with Gasteiger partial charge in [-0.25, -0.2) is 0 Å². The fourth-order valence-electron chi connectivity index (χ4n) is 0.0412. The molecule has 0 aliphatic rings. The maximum absolute atomic E-state index is 11.1. The van der Waals surface area contributed by atoms with Crippen LogP contribution in [0.4, 0.5) is 13.2 Å². The highest BCUT2D eigenvalue weighted by molar-refractivity contribution is 4.42. The summed E-state index contributed by atoms with van der Waals surface area (Å²) in [5.74, 6) is -0.181. The number of rotatable bonds is 3. The van der Waals surface area contributed by atoms with E-state index in [0.29, 0.717) is 0 Å². The molecule has 0 atom stereocenters. The van der Waals surface area contributed by atoms with Crippen LogP contribution in [0, 0.1) is 11.8 Å². The molecular weight excluding hydrogens is 153 g/mol. The van der Waals surface area contributed by atoms with Crippen molar-refractivity contribution in [2.45, 2.75) is 20.8 Å². The molecule has 0 aromatic carbocycles. The Hall–Kier alpha value is -0.210. The summed E-state index contributed by atoms with van der Waals surface area (Å²) in [6, 6.07) is 0. The molecular formula is C8H17F3. The zero-order chi connectivity index (χ0) is 9.28. The molecule has 0 heterocycles. The van der Waals surface area contributed by atoms with Gasteiger partial charge in [0.2, 0.25) is 0 Å². The molecule has 0 N–H and O–H groups in total. The lowest BCUT2D eigenvalue weighted by molar-refractivity contribution is 0.308. The molecule has 0 amide bonds. The second-order valence-electron chi connectivity index (χ2n) is 2.96. The minimum Gasteiger partial charge on any atom is -0.251 e. The zero-order valence-corrected chi connectivity index (χ0v) is 7.41. The van der Waals surface area contributed by atoms with E-state index in [1.165, 1.54) is 6.92 Å². The second-order valence-corrected chi connectivity index (χ2v) is 2.96. The van der Waals surface area contributed by atoms with Gasteiger partial charge in [-0.05, 0) is 5.92 Å². The fraction of sp³-hybridized carbons (Fsp3) is 1.00. The smallest absolute Gasteiger partial charge is 0.0944 e. The predicted octanol–water partition coefficient (Wildman–Crippen LogP) is 3.17. The van der Waals surface area contributed by atoms with E-state index < -0.39 is 19.3 Å². The minimum absolute atomic E-state index is 0.194. The number of hydrogen-bond acceptors (Lipinski definition) is 0. The normalized spacial score (nSPS) is 9.82. The van der Waals surface area contributed by atoms with E-state index in [4.69, 9.17) is 0 Å². The summed E-state index contributed by atoms with van der Waals surface area (Å²) < 4.78 is 33.4. The monoisotopic (exact) mass is 170 g/mol. The summed E-state index contributed by atoms with van der Waals surface area (Å²) in [6.07, 6.45) is 0. The summed E-state index contributed by atoms with van der Waals surface area (Å²) in [4.78, 5) is 0. The van der Waals surface area contributed by atoms with Crippen LogP contribution < -0.4 is 0 Å². The van der Waals surface area contributed by atoms with Crippen LogP contribution in [0.2, 0.25) is 0 Å². The standard InChI is InChI=1S/C4H8F2.C4H9F/c1-4(2-5)3-6;1-4(2)3-5/h4H,2-3H2,1H3;4H,3H2,1-2H3. The topological polar surface area (TPSA) is 0 Å². The van der Waals surface area contributed by atoms with Crippen LogP contribution in [0.1, 0.15) is 20.8 Å². The van der Waals surface area contributed by atoms with Crippen LogP contribution in [0.15, 0.2) is 0 Å². The molecule has 0 fully saturated rings. The lowest BCUT2D eigenvalue weighted by Crippen LogP contribution is -1.96. The molecule has 0 aliphatic heterocycles. The van der Waals surface area contributed by atoms with Gasteiger partial charge in [0, 0.05) is 5.92 Å². The molecule has 11 heavy (non-hydrogen) atoms. The Labute approximate surface area is 66.8 Å². The van der Waals surface area contributed by atoms with E-state index in [1.807, 2.05) is 13.8 Å². The molecule has 0 bridgehead atoms. The maximum Gasteiger partial charge on any atom is 0.0944 e. The van der Waals surface area contributed by atoms with E-state index in [9.17, 15) is 13.2 Å². The first-order valence-corrected chi connectivity index (χ1v) is 3.76. The van der Waals surface area contributed by atoms with Gasteiger partial charge in [0.15, 0.2) is 0 Å². The van der Waals surface area contributed by atoms with Crippen molar-refractivity contribution in [2.24, 2.45) is 11.8 Å². The quantitative estimate of drug-likeness (QED) is 0.610. The second kappa shape index (κ2) is 9.79. The van der Waals surface area contributed by atoms with Crippen molar-refractivity contribution in [3.05, 3.63) is 0 Å². The molecule has 0 aliphatic carbocycles. The molecule has 0 aromatic heterocycles. The lowest BCUT2D eigenvalue weighted by Gasteiger charge is -1.93. The summed E-state index contributed by atoms with van der Waals surface area (Å²) in [6.45, 7) is 3.94. The van der Waals surface area contributed by atoms with Gasteiger partial charge in [-0.15, -0.1) is 0 Å². The number of hydrogen-bond donors (Lipinski definition) is 0. The van der Waals surface area contributed by atoms with Crippen molar-refractivity contribution < 1.29 is 13.2 Å². The molecule has 0 rings (SSSR count). The van der Waals surface area contributed by atoms with Gasteiger partial charge in [0.25, 0.3) is 0 Å². The van der Waals surface area contributed by atoms with Crippen molar-refractivity contribution in [1.29, 1.82) is 0 Å². The molecule has 0 radical (unpaired) electrons. The van der Waals surface area contributed by atoms with Crippen LogP contribution in [-0.4, -0.2) is 20.0 Å². The summed E-state index contributed by atoms with van der Waals surface area (Å²) >= 11 is 0. The van der Waals surface area contributed by atoms with E-state index in [0.717, 1.165) is 0 Å². The molecule has 0 spiro atoms. The number of alkyl halides is 3. The third kappa shape index (κ3) is 17.7. The minimum atomic E-state index is -0.545. The van der Waals surface area contributed by atoms with Gasteiger partial charge in [0.05, 0.1) is 20.0 Å². The van der Waals surface area contributed by atoms with E-state index in [-0.39, 0.29) is 12.6 Å². The van der Waals surface area contributed by atoms with Gasteiger partial charge in [-0.2, -0.15) is 0 Å². The molecule has 70 valence electrons. The molecule has 0 unspecified atom stereocenters. The molecule has 0 saturated carbocycles. The van der Waals surface area contributed by atoms with E-state index >= 15 is 0 Å². The van der Waals surface area contributed by atoms with Crippen molar-refractivity contribution >= 4 is 0 Å². The predicted molar refractivity (Wildman–Crippen MR) is 41.9 cm³/mol. The van der Waals surface area contributed by atoms with E-state index in [1.54, 1.807) is 0 Å². The Morgan fingerprint density at radius 1 is 0.818 bits per heavy atom. The zero-order valence-electron chi connectivity index (χ0n) is 7.41. The van der Waals surface area contributed by atoms with Crippen LogP contribution in [0.25, 0.3) is 0 Å². The third-order valence-electron chi connectivity index (χ3n) is 0.835. The first-order valence-electron chi connectivity index (χ1n) is 3.76. The third-order valence-corrected chi connectivity index (χ3v) is 0.835. The molecule has 0 nitrogen and oxygen atoms in total. The van der Waals surface area contributed by atoms with Gasteiger partial charge < -0.3 is 0 Å². The number of halogens is 3. The highest BCUT2D eigenvalue weighted by atomic mass is 19.1. The lowest BCUT2D eigenvalue weighted by atomic mass is 10.2. The summed E-state index contributed by atoms with van der Waals surface area (Å²) in [7, 11) is 0. The summed E-state index contributed by atoms with van der Waals surface area (Å²) in [5, 5.41) is 0. The van der Waals surface area contributed by atoms with Crippen LogP contribution in [-0.2, 0) is 0 Å². The summed E-state index contributed by atoms with van der Waals surface area (Å²) in [5.41, 5.74) is 0. The average Bonchev–Trinajstić information content (AvgIpc) is 2.04. The van der Waals surface area contributed by atoms with Crippen molar-refractivity contribution in [2.75, 3.05) is 20.0 Å². The molecule has 0 saturated heterocycles. The van der Waals surface area contributed by atoms with Crippen molar-refractivity contribution in [3.63, 3.8) is 0 Å². The van der Waals surface area contributed by atoms with Crippen LogP contribution in [0.3, 0.4) is 0 Å². The average molecular weight is 170 g/mol. The Morgan fingerprint density at radius 3 is 1.09 bits per heavy atom. The van der Waals surface area contributed by atoms with Gasteiger partial charge in [0.1, 0.15) is 0 Å².